The van der Waals surface area contributed by atoms with Crippen molar-refractivity contribution in [3.05, 3.63) is 79.9 Å². The lowest BCUT2D eigenvalue weighted by Gasteiger charge is -2.11. The minimum Gasteiger partial charge on any atom is -0.479 e. The summed E-state index contributed by atoms with van der Waals surface area (Å²) in [5.41, 5.74) is 4.92. The molecule has 1 aromatic heterocycles. The molecule has 0 saturated heterocycles. The molecule has 0 atom stereocenters. The van der Waals surface area contributed by atoms with Crippen LogP contribution < -0.4 is 4.74 Å². The van der Waals surface area contributed by atoms with E-state index in [1.165, 1.54) is 0 Å². The number of terminal acetylenes is 1. The maximum atomic E-state index is 5.88. The SMILES string of the molecule is C#CCOc1c(I)cc(I)cc1-c1nc(-c2ccccc2)c(-c2ccccc2)[nH]1. The topological polar surface area (TPSA) is 37.9 Å². The molecule has 1 N–H and O–H groups in total. The first-order valence-electron chi connectivity index (χ1n) is 8.94. The Bertz CT molecular complexity index is 1120. The van der Waals surface area contributed by atoms with Crippen LogP contribution in [0.15, 0.2) is 72.8 Å². The van der Waals surface area contributed by atoms with Gasteiger partial charge in [0.1, 0.15) is 18.2 Å². The van der Waals surface area contributed by atoms with Gasteiger partial charge in [-0.3, -0.25) is 0 Å². The standard InChI is InChI=1S/C24H16I2N2O/c1-2-13-29-23-19(14-18(25)15-20(23)26)24-27-21(16-9-5-3-6-10-16)22(28-24)17-11-7-4-8-12-17/h1,3-12,14-15H,13H2,(H,27,28). The molecule has 3 aromatic carbocycles. The number of benzene rings is 3. The van der Waals surface area contributed by atoms with E-state index in [0.717, 1.165) is 46.8 Å². The van der Waals surface area contributed by atoms with Gasteiger partial charge >= 0.3 is 0 Å². The Morgan fingerprint density at radius 3 is 2.24 bits per heavy atom. The third-order valence-electron chi connectivity index (χ3n) is 4.38. The van der Waals surface area contributed by atoms with Crippen LogP contribution in [0, 0.1) is 19.5 Å². The largest absolute Gasteiger partial charge is 0.479 e. The maximum Gasteiger partial charge on any atom is 0.148 e. The summed E-state index contributed by atoms with van der Waals surface area (Å²) in [6.45, 7) is 0.210. The molecule has 0 unspecified atom stereocenters. The smallest absolute Gasteiger partial charge is 0.148 e. The molecule has 0 bridgehead atoms. The van der Waals surface area contributed by atoms with E-state index in [1.54, 1.807) is 0 Å². The number of nitrogens with one attached hydrogen (secondary N) is 1. The number of aromatic nitrogens is 2. The van der Waals surface area contributed by atoms with E-state index >= 15 is 0 Å². The van der Waals surface area contributed by atoms with Crippen molar-refractivity contribution >= 4 is 45.2 Å². The molecule has 0 amide bonds. The Labute approximate surface area is 197 Å². The summed E-state index contributed by atoms with van der Waals surface area (Å²) in [5.74, 6) is 4.05. The number of H-pyrrole nitrogens is 1. The van der Waals surface area contributed by atoms with Crippen LogP contribution in [0.25, 0.3) is 33.9 Å². The molecule has 0 aliphatic carbocycles. The van der Waals surface area contributed by atoms with Crippen LogP contribution in [-0.2, 0) is 0 Å². The molecule has 0 aliphatic rings. The zero-order chi connectivity index (χ0) is 20.2. The van der Waals surface area contributed by atoms with Gasteiger partial charge in [0.2, 0.25) is 0 Å². The van der Waals surface area contributed by atoms with Crippen LogP contribution in [0.1, 0.15) is 0 Å². The Morgan fingerprint density at radius 1 is 0.931 bits per heavy atom. The summed E-state index contributed by atoms with van der Waals surface area (Å²) in [5, 5.41) is 0. The molecule has 0 fully saturated rings. The maximum absolute atomic E-state index is 5.88. The molecule has 1 heterocycles. The van der Waals surface area contributed by atoms with Crippen molar-refractivity contribution in [3.8, 4) is 52.0 Å². The van der Waals surface area contributed by atoms with Gasteiger partial charge in [0, 0.05) is 14.7 Å². The molecule has 142 valence electrons. The second-order valence-corrected chi connectivity index (χ2v) is 8.71. The van der Waals surface area contributed by atoms with Gasteiger partial charge in [0.25, 0.3) is 0 Å². The third kappa shape index (κ3) is 4.33. The highest BCUT2D eigenvalue weighted by Crippen LogP contribution is 2.38. The average molecular weight is 602 g/mol. The number of aromatic amines is 1. The van der Waals surface area contributed by atoms with Crippen LogP contribution in [0.4, 0.5) is 0 Å². The van der Waals surface area contributed by atoms with Crippen LogP contribution in [0.3, 0.4) is 0 Å². The van der Waals surface area contributed by atoms with Gasteiger partial charge in [-0.2, -0.15) is 0 Å². The van der Waals surface area contributed by atoms with Gasteiger partial charge in [-0.25, -0.2) is 4.98 Å². The van der Waals surface area contributed by atoms with E-state index in [4.69, 9.17) is 16.1 Å². The summed E-state index contributed by atoms with van der Waals surface area (Å²) < 4.78 is 7.98. The molecule has 4 rings (SSSR count). The molecule has 0 spiro atoms. The fraction of sp³-hybridized carbons (Fsp3) is 0.0417. The number of rotatable bonds is 5. The second-order valence-electron chi connectivity index (χ2n) is 6.30. The number of nitrogens with zero attached hydrogens (tertiary/aromatic N) is 1. The number of imidazole rings is 1. The molecule has 0 saturated carbocycles. The van der Waals surface area contributed by atoms with Crippen molar-refractivity contribution in [3.63, 3.8) is 0 Å². The number of halogens is 2. The van der Waals surface area contributed by atoms with E-state index in [-0.39, 0.29) is 6.61 Å². The predicted octanol–water partition coefficient (Wildman–Crippen LogP) is 6.63. The summed E-state index contributed by atoms with van der Waals surface area (Å²) >= 11 is 4.59. The molecular weight excluding hydrogens is 586 g/mol. The minimum absolute atomic E-state index is 0.210. The van der Waals surface area contributed by atoms with Crippen molar-refractivity contribution in [2.24, 2.45) is 0 Å². The number of hydrogen-bond acceptors (Lipinski definition) is 2. The lowest BCUT2D eigenvalue weighted by Crippen LogP contribution is -1.99. The van der Waals surface area contributed by atoms with E-state index in [1.807, 2.05) is 36.4 Å². The summed E-state index contributed by atoms with van der Waals surface area (Å²) in [4.78, 5) is 8.52. The molecular formula is C24H16I2N2O. The molecule has 29 heavy (non-hydrogen) atoms. The summed E-state index contributed by atoms with van der Waals surface area (Å²) in [7, 11) is 0. The molecule has 3 nitrogen and oxygen atoms in total. The van der Waals surface area contributed by atoms with Crippen molar-refractivity contribution < 1.29 is 4.74 Å². The lowest BCUT2D eigenvalue weighted by atomic mass is 10.1. The van der Waals surface area contributed by atoms with Crippen molar-refractivity contribution in [2.45, 2.75) is 0 Å². The van der Waals surface area contributed by atoms with Crippen LogP contribution in [0.5, 0.6) is 5.75 Å². The van der Waals surface area contributed by atoms with Gasteiger partial charge < -0.3 is 9.72 Å². The van der Waals surface area contributed by atoms with Gasteiger partial charge in [-0.05, 0) is 57.3 Å². The highest BCUT2D eigenvalue weighted by molar-refractivity contribution is 14.1. The monoisotopic (exact) mass is 602 g/mol. The molecule has 0 aliphatic heterocycles. The molecule has 4 aromatic rings. The fourth-order valence-electron chi connectivity index (χ4n) is 3.12. The van der Waals surface area contributed by atoms with E-state index in [9.17, 15) is 0 Å². The van der Waals surface area contributed by atoms with Crippen molar-refractivity contribution in [1.29, 1.82) is 0 Å². The van der Waals surface area contributed by atoms with Crippen LogP contribution in [-0.4, -0.2) is 16.6 Å². The molecule has 0 radical (unpaired) electrons. The Hall–Kier alpha value is -2.31. The van der Waals surface area contributed by atoms with Crippen molar-refractivity contribution in [1.82, 2.24) is 9.97 Å². The normalized spacial score (nSPS) is 10.5. The zero-order valence-corrected chi connectivity index (χ0v) is 19.6. The fourth-order valence-corrected chi connectivity index (χ4v) is 5.12. The van der Waals surface area contributed by atoms with Gasteiger partial charge in [-0.1, -0.05) is 66.6 Å². The van der Waals surface area contributed by atoms with Gasteiger partial charge in [0.05, 0.1) is 20.5 Å². The van der Waals surface area contributed by atoms with E-state index < -0.39 is 0 Å². The first-order valence-corrected chi connectivity index (χ1v) is 11.1. The van der Waals surface area contributed by atoms with Crippen LogP contribution in [0.2, 0.25) is 0 Å². The van der Waals surface area contributed by atoms with E-state index in [2.05, 4.69) is 92.5 Å². The average Bonchev–Trinajstić information content (AvgIpc) is 3.19. The molecule has 5 heteroatoms. The summed E-state index contributed by atoms with van der Waals surface area (Å²) in [6, 6.07) is 24.6. The van der Waals surface area contributed by atoms with Gasteiger partial charge in [0.15, 0.2) is 0 Å². The highest BCUT2D eigenvalue weighted by Gasteiger charge is 2.19. The van der Waals surface area contributed by atoms with Crippen molar-refractivity contribution in [2.75, 3.05) is 6.61 Å². The Balaban J connectivity index is 1.93. The first-order chi connectivity index (χ1) is 14.2. The Kier molecular flexibility index (Phi) is 6.21. The Morgan fingerprint density at radius 2 is 1.59 bits per heavy atom. The summed E-state index contributed by atoms with van der Waals surface area (Å²) in [6.07, 6.45) is 5.42. The predicted molar refractivity (Wildman–Crippen MR) is 135 cm³/mol. The third-order valence-corrected chi connectivity index (χ3v) is 5.80. The lowest BCUT2D eigenvalue weighted by molar-refractivity contribution is 0.369. The quantitative estimate of drug-likeness (QED) is 0.206. The zero-order valence-electron chi connectivity index (χ0n) is 15.3. The number of ether oxygens (including phenoxy) is 1. The first kappa shape index (κ1) is 20.0. The van der Waals surface area contributed by atoms with E-state index in [0.29, 0.717) is 0 Å². The van der Waals surface area contributed by atoms with Crippen LogP contribution >= 0.6 is 45.2 Å². The minimum atomic E-state index is 0.210. The highest BCUT2D eigenvalue weighted by atomic mass is 127. The van der Waals surface area contributed by atoms with Gasteiger partial charge in [-0.15, -0.1) is 6.42 Å². The second kappa shape index (κ2) is 9.01. The number of hydrogen-bond donors (Lipinski definition) is 1.